The van der Waals surface area contributed by atoms with Crippen LogP contribution in [0.4, 0.5) is 11.4 Å². The Morgan fingerprint density at radius 3 is 2.26 bits per heavy atom. The topological polar surface area (TPSA) is 79.4 Å². The lowest BCUT2D eigenvalue weighted by molar-refractivity contribution is -0.122. The van der Waals surface area contributed by atoms with E-state index in [4.69, 9.17) is 0 Å². The minimum Gasteiger partial charge on any atom is -0.322 e. The number of nitrogens with one attached hydrogen (secondary N) is 1. The van der Waals surface area contributed by atoms with E-state index in [9.17, 15) is 14.4 Å². The van der Waals surface area contributed by atoms with E-state index in [-0.39, 0.29) is 29.6 Å². The Hall–Kier alpha value is -4.06. The van der Waals surface area contributed by atoms with Crippen molar-refractivity contribution in [2.45, 2.75) is 26.2 Å². The first kappa shape index (κ1) is 21.8. The minimum absolute atomic E-state index is 0.147. The fourth-order valence-electron chi connectivity index (χ4n) is 4.70. The van der Waals surface area contributed by atoms with Crippen LogP contribution < -0.4 is 10.2 Å². The van der Waals surface area contributed by atoms with Gasteiger partial charge in [0.1, 0.15) is 0 Å². The van der Waals surface area contributed by atoms with E-state index in [0.29, 0.717) is 29.8 Å². The standard InChI is InChI=1S/C28H25N3O3/c1-18-2-11-24-25(16-18)28(34)31(27(24)33)23-9-5-21(6-10-23)26(32)30-22-7-3-19(4-8-22)17-20-12-14-29-15-13-20/h2-10,12-15,24-25H,11,16-17H2,1H3,(H,30,32)/t24-,25+/m0/s1. The van der Waals surface area contributed by atoms with E-state index < -0.39 is 0 Å². The molecule has 6 heteroatoms. The second kappa shape index (κ2) is 9.06. The van der Waals surface area contributed by atoms with Gasteiger partial charge in [-0.25, -0.2) is 0 Å². The fourth-order valence-corrected chi connectivity index (χ4v) is 4.70. The van der Waals surface area contributed by atoms with Crippen molar-refractivity contribution in [2.75, 3.05) is 10.2 Å². The molecule has 2 atom stereocenters. The summed E-state index contributed by atoms with van der Waals surface area (Å²) in [7, 11) is 0. The van der Waals surface area contributed by atoms with Crippen molar-refractivity contribution in [1.82, 2.24) is 4.98 Å². The number of imide groups is 1. The van der Waals surface area contributed by atoms with Crippen LogP contribution in [0.15, 0.2) is 84.7 Å². The minimum atomic E-state index is -0.277. The molecular formula is C28H25N3O3. The summed E-state index contributed by atoms with van der Waals surface area (Å²) in [5.41, 5.74) is 5.13. The number of aromatic nitrogens is 1. The fraction of sp³-hybridized carbons (Fsp3) is 0.214. The van der Waals surface area contributed by atoms with Gasteiger partial charge in [-0.1, -0.05) is 23.8 Å². The molecule has 3 amide bonds. The number of nitrogens with zero attached hydrogens (tertiary/aromatic N) is 2. The first-order valence-corrected chi connectivity index (χ1v) is 11.4. The quantitative estimate of drug-likeness (QED) is 0.448. The molecular weight excluding hydrogens is 426 g/mol. The van der Waals surface area contributed by atoms with Gasteiger partial charge in [0, 0.05) is 23.6 Å². The second-order valence-electron chi connectivity index (χ2n) is 8.95. The van der Waals surface area contributed by atoms with Crippen molar-refractivity contribution in [2.24, 2.45) is 11.8 Å². The molecule has 2 heterocycles. The number of allylic oxidation sites excluding steroid dienone is 2. The first-order valence-electron chi connectivity index (χ1n) is 11.4. The molecule has 0 bridgehead atoms. The summed E-state index contributed by atoms with van der Waals surface area (Å²) in [6.45, 7) is 2.00. The normalized spacial score (nSPS) is 19.6. The molecule has 1 aliphatic carbocycles. The van der Waals surface area contributed by atoms with Gasteiger partial charge < -0.3 is 5.32 Å². The summed E-state index contributed by atoms with van der Waals surface area (Å²) in [6.07, 6.45) is 7.64. The maximum atomic E-state index is 12.9. The number of benzene rings is 2. The zero-order chi connectivity index (χ0) is 23.7. The molecule has 5 rings (SSSR count). The highest BCUT2D eigenvalue weighted by molar-refractivity contribution is 6.22. The van der Waals surface area contributed by atoms with Gasteiger partial charge in [0.15, 0.2) is 0 Å². The molecule has 1 aromatic heterocycles. The van der Waals surface area contributed by atoms with E-state index in [0.717, 1.165) is 17.6 Å². The van der Waals surface area contributed by atoms with E-state index in [1.807, 2.05) is 43.3 Å². The number of carbonyl (C=O) groups excluding carboxylic acids is 3. The third-order valence-corrected chi connectivity index (χ3v) is 6.58. The molecule has 1 saturated heterocycles. The van der Waals surface area contributed by atoms with Gasteiger partial charge >= 0.3 is 0 Å². The summed E-state index contributed by atoms with van der Waals surface area (Å²) in [4.78, 5) is 43.8. The van der Waals surface area contributed by atoms with Gasteiger partial charge in [0.25, 0.3) is 5.91 Å². The Morgan fingerprint density at radius 1 is 0.912 bits per heavy atom. The van der Waals surface area contributed by atoms with Crippen LogP contribution in [0.2, 0.25) is 0 Å². The lowest BCUT2D eigenvalue weighted by Gasteiger charge is -2.18. The van der Waals surface area contributed by atoms with Gasteiger partial charge in [-0.15, -0.1) is 0 Å². The van der Waals surface area contributed by atoms with E-state index in [1.165, 1.54) is 10.5 Å². The Balaban J connectivity index is 1.24. The number of fused-ring (bicyclic) bond motifs is 1. The largest absolute Gasteiger partial charge is 0.322 e. The number of rotatable bonds is 5. The number of hydrogen-bond acceptors (Lipinski definition) is 4. The summed E-state index contributed by atoms with van der Waals surface area (Å²) in [6, 6.07) is 18.3. The van der Waals surface area contributed by atoms with Crippen molar-refractivity contribution in [3.63, 3.8) is 0 Å². The molecule has 170 valence electrons. The molecule has 1 aliphatic heterocycles. The maximum absolute atomic E-state index is 12.9. The second-order valence-corrected chi connectivity index (χ2v) is 8.95. The van der Waals surface area contributed by atoms with Crippen LogP contribution in [0.25, 0.3) is 0 Å². The molecule has 0 radical (unpaired) electrons. The lowest BCUT2D eigenvalue weighted by atomic mass is 9.82. The number of anilines is 2. The van der Waals surface area contributed by atoms with Crippen LogP contribution in [0.3, 0.4) is 0 Å². The van der Waals surface area contributed by atoms with Gasteiger partial charge in [-0.3, -0.25) is 24.3 Å². The highest BCUT2D eigenvalue weighted by Crippen LogP contribution is 2.39. The van der Waals surface area contributed by atoms with Crippen molar-refractivity contribution >= 4 is 29.1 Å². The van der Waals surface area contributed by atoms with Crippen LogP contribution >= 0.6 is 0 Å². The van der Waals surface area contributed by atoms with E-state index in [2.05, 4.69) is 16.4 Å². The molecule has 0 unspecified atom stereocenters. The first-order chi connectivity index (χ1) is 16.5. The van der Waals surface area contributed by atoms with Crippen molar-refractivity contribution < 1.29 is 14.4 Å². The Labute approximate surface area is 198 Å². The third-order valence-electron chi connectivity index (χ3n) is 6.58. The zero-order valence-electron chi connectivity index (χ0n) is 18.9. The smallest absolute Gasteiger partial charge is 0.255 e. The van der Waals surface area contributed by atoms with Crippen LogP contribution in [0, 0.1) is 11.8 Å². The van der Waals surface area contributed by atoms with Crippen LogP contribution in [0.1, 0.15) is 41.3 Å². The molecule has 0 saturated carbocycles. The molecule has 2 aliphatic rings. The Morgan fingerprint density at radius 2 is 1.56 bits per heavy atom. The van der Waals surface area contributed by atoms with Crippen LogP contribution in [-0.2, 0) is 16.0 Å². The van der Waals surface area contributed by atoms with Gasteiger partial charge in [0.05, 0.1) is 17.5 Å². The average Bonchev–Trinajstić information content (AvgIpc) is 3.10. The third kappa shape index (κ3) is 4.27. The highest BCUT2D eigenvalue weighted by Gasteiger charge is 2.48. The lowest BCUT2D eigenvalue weighted by Crippen LogP contribution is -2.30. The molecule has 3 aromatic rings. The van der Waals surface area contributed by atoms with Gasteiger partial charge in [-0.05, 0) is 85.8 Å². The van der Waals surface area contributed by atoms with Crippen LogP contribution in [0.5, 0.6) is 0 Å². The number of carbonyl (C=O) groups is 3. The monoisotopic (exact) mass is 451 g/mol. The summed E-state index contributed by atoms with van der Waals surface area (Å²) >= 11 is 0. The van der Waals surface area contributed by atoms with Crippen molar-refractivity contribution in [3.8, 4) is 0 Å². The van der Waals surface area contributed by atoms with Crippen molar-refractivity contribution in [3.05, 3.63) is 101 Å². The summed E-state index contributed by atoms with van der Waals surface area (Å²) in [5.74, 6) is -1.10. The number of hydrogen-bond donors (Lipinski definition) is 1. The van der Waals surface area contributed by atoms with Gasteiger partial charge in [-0.2, -0.15) is 0 Å². The molecule has 34 heavy (non-hydrogen) atoms. The number of amides is 3. The summed E-state index contributed by atoms with van der Waals surface area (Å²) in [5, 5.41) is 2.90. The SMILES string of the molecule is CC1=CC[C@@H]2C(=O)N(c3ccc(C(=O)Nc4ccc(Cc5ccncc5)cc4)cc3)C(=O)[C@@H]2C1. The Bertz CT molecular complexity index is 1260. The van der Waals surface area contributed by atoms with Crippen LogP contribution in [-0.4, -0.2) is 22.7 Å². The summed E-state index contributed by atoms with van der Waals surface area (Å²) < 4.78 is 0. The molecule has 6 nitrogen and oxygen atoms in total. The highest BCUT2D eigenvalue weighted by atomic mass is 16.2. The number of pyridine rings is 1. The predicted octanol–water partition coefficient (Wildman–Crippen LogP) is 4.77. The van der Waals surface area contributed by atoms with E-state index in [1.54, 1.807) is 36.7 Å². The maximum Gasteiger partial charge on any atom is 0.255 e. The molecule has 1 N–H and O–H groups in total. The Kier molecular flexibility index (Phi) is 5.80. The molecule has 2 aromatic carbocycles. The molecule has 1 fully saturated rings. The average molecular weight is 452 g/mol. The zero-order valence-corrected chi connectivity index (χ0v) is 18.9. The molecule has 0 spiro atoms. The van der Waals surface area contributed by atoms with Crippen molar-refractivity contribution in [1.29, 1.82) is 0 Å². The van der Waals surface area contributed by atoms with Gasteiger partial charge in [0.2, 0.25) is 11.8 Å². The predicted molar refractivity (Wildman–Crippen MR) is 130 cm³/mol. The van der Waals surface area contributed by atoms with E-state index >= 15 is 0 Å².